The van der Waals surface area contributed by atoms with Crippen molar-refractivity contribution in [3.05, 3.63) is 12.2 Å². The summed E-state index contributed by atoms with van der Waals surface area (Å²) in [5.41, 5.74) is 5.51. The van der Waals surface area contributed by atoms with Crippen LogP contribution in [0.3, 0.4) is 0 Å². The van der Waals surface area contributed by atoms with E-state index in [0.717, 1.165) is 6.54 Å². The fourth-order valence-corrected chi connectivity index (χ4v) is 3.81. The molecule has 0 unspecified atom stereocenters. The molecule has 0 saturated carbocycles. The normalized spacial score (nSPS) is 11.6. The van der Waals surface area contributed by atoms with Gasteiger partial charge in [-0.3, -0.25) is 0 Å². The third-order valence-corrected chi connectivity index (χ3v) is 5.72. The smallest absolute Gasteiger partial charge is 0.00773 e. The SMILES string of the molecule is CCCCCCCCCCCCCCCCCC/C=C/CCCCCCN. The van der Waals surface area contributed by atoms with Crippen LogP contribution >= 0.6 is 0 Å². The van der Waals surface area contributed by atoms with Gasteiger partial charge >= 0.3 is 0 Å². The monoisotopic (exact) mass is 379 g/mol. The minimum absolute atomic E-state index is 0.856. The van der Waals surface area contributed by atoms with Gasteiger partial charge in [-0.15, -0.1) is 0 Å². The largest absolute Gasteiger partial charge is 0.330 e. The summed E-state index contributed by atoms with van der Waals surface area (Å²) < 4.78 is 0. The Bertz CT molecular complexity index is 271. The second-order valence-corrected chi connectivity index (χ2v) is 8.55. The molecule has 0 fully saturated rings. The number of rotatable bonds is 23. The Morgan fingerprint density at radius 1 is 0.407 bits per heavy atom. The number of hydrogen-bond acceptors (Lipinski definition) is 1. The van der Waals surface area contributed by atoms with Crippen molar-refractivity contribution in [3.63, 3.8) is 0 Å². The Hall–Kier alpha value is -0.300. The molecule has 0 aromatic heterocycles. The first-order valence-corrected chi connectivity index (χ1v) is 12.8. The van der Waals surface area contributed by atoms with E-state index < -0.39 is 0 Å². The summed E-state index contributed by atoms with van der Waals surface area (Å²) in [5.74, 6) is 0. The molecule has 1 heteroatoms. The Labute approximate surface area is 173 Å². The highest BCUT2D eigenvalue weighted by Crippen LogP contribution is 2.14. The molecule has 0 radical (unpaired) electrons. The van der Waals surface area contributed by atoms with Crippen LogP contribution in [0.1, 0.15) is 148 Å². The van der Waals surface area contributed by atoms with Gasteiger partial charge in [0, 0.05) is 0 Å². The lowest BCUT2D eigenvalue weighted by molar-refractivity contribution is 0.530. The zero-order valence-electron chi connectivity index (χ0n) is 19.0. The van der Waals surface area contributed by atoms with E-state index >= 15 is 0 Å². The molecule has 0 aliphatic heterocycles. The zero-order chi connectivity index (χ0) is 19.7. The van der Waals surface area contributed by atoms with Gasteiger partial charge in [0.2, 0.25) is 0 Å². The zero-order valence-corrected chi connectivity index (χ0v) is 19.0. The highest BCUT2D eigenvalue weighted by atomic mass is 14.5. The van der Waals surface area contributed by atoms with Crippen molar-refractivity contribution in [3.8, 4) is 0 Å². The summed E-state index contributed by atoms with van der Waals surface area (Å²) in [6, 6.07) is 0. The summed E-state index contributed by atoms with van der Waals surface area (Å²) in [7, 11) is 0. The first-order valence-electron chi connectivity index (χ1n) is 12.8. The van der Waals surface area contributed by atoms with Crippen LogP contribution in [0, 0.1) is 0 Å². The van der Waals surface area contributed by atoms with Crippen molar-refractivity contribution in [2.75, 3.05) is 6.54 Å². The molecule has 0 aliphatic carbocycles. The highest BCUT2D eigenvalue weighted by Gasteiger charge is 1.94. The molecule has 0 spiro atoms. The number of nitrogens with two attached hydrogens (primary N) is 1. The van der Waals surface area contributed by atoms with Crippen LogP contribution in [0.15, 0.2) is 12.2 Å². The van der Waals surface area contributed by atoms with Crippen LogP contribution in [0.4, 0.5) is 0 Å². The summed E-state index contributed by atoms with van der Waals surface area (Å²) in [6.07, 6.45) is 35.8. The molecule has 27 heavy (non-hydrogen) atoms. The molecule has 0 aromatic carbocycles. The fraction of sp³-hybridized carbons (Fsp3) is 0.923. The average molecular weight is 380 g/mol. The van der Waals surface area contributed by atoms with Gasteiger partial charge < -0.3 is 5.73 Å². The van der Waals surface area contributed by atoms with Gasteiger partial charge in [0.15, 0.2) is 0 Å². The molecule has 0 rings (SSSR count). The molecule has 1 nitrogen and oxygen atoms in total. The van der Waals surface area contributed by atoms with Gasteiger partial charge in [-0.05, 0) is 38.6 Å². The van der Waals surface area contributed by atoms with E-state index in [1.807, 2.05) is 0 Å². The van der Waals surface area contributed by atoms with Crippen molar-refractivity contribution in [1.82, 2.24) is 0 Å². The first kappa shape index (κ1) is 26.7. The summed E-state index contributed by atoms with van der Waals surface area (Å²) in [5, 5.41) is 0. The standard InChI is InChI=1S/C26H53N/c1-2-3-4-5-6-7-8-9-10-11-12-13-14-15-16-17-18-19-20-21-22-23-24-25-26-27/h19-20H,2-18,21-27H2,1H3/b20-19+. The van der Waals surface area contributed by atoms with Gasteiger partial charge in [-0.25, -0.2) is 0 Å². The second-order valence-electron chi connectivity index (χ2n) is 8.55. The lowest BCUT2D eigenvalue weighted by Crippen LogP contribution is -1.97. The lowest BCUT2D eigenvalue weighted by atomic mass is 10.0. The van der Waals surface area contributed by atoms with Gasteiger partial charge in [0.1, 0.15) is 0 Å². The predicted octanol–water partition coefficient (Wildman–Crippen LogP) is 9.10. The van der Waals surface area contributed by atoms with E-state index in [0.29, 0.717) is 0 Å². The number of unbranched alkanes of at least 4 members (excludes halogenated alkanes) is 20. The van der Waals surface area contributed by atoms with Crippen LogP contribution < -0.4 is 5.73 Å². The maximum Gasteiger partial charge on any atom is -0.00773 e. The lowest BCUT2D eigenvalue weighted by Gasteiger charge is -2.03. The number of allylic oxidation sites excluding steroid dienone is 2. The maximum atomic E-state index is 5.51. The van der Waals surface area contributed by atoms with Crippen molar-refractivity contribution in [2.45, 2.75) is 148 Å². The van der Waals surface area contributed by atoms with E-state index in [4.69, 9.17) is 5.73 Å². The van der Waals surface area contributed by atoms with Crippen LogP contribution in [0.5, 0.6) is 0 Å². The summed E-state index contributed by atoms with van der Waals surface area (Å²) in [4.78, 5) is 0. The van der Waals surface area contributed by atoms with Crippen LogP contribution in [-0.2, 0) is 0 Å². The van der Waals surface area contributed by atoms with Crippen molar-refractivity contribution >= 4 is 0 Å². The minimum atomic E-state index is 0.856. The topological polar surface area (TPSA) is 26.0 Å². The molecule has 0 aliphatic rings. The minimum Gasteiger partial charge on any atom is -0.330 e. The molecule has 162 valence electrons. The molecule has 2 N–H and O–H groups in total. The molecular formula is C26H53N. The van der Waals surface area contributed by atoms with E-state index in [1.165, 1.54) is 141 Å². The van der Waals surface area contributed by atoms with E-state index in [9.17, 15) is 0 Å². The van der Waals surface area contributed by atoms with Crippen molar-refractivity contribution in [2.24, 2.45) is 5.73 Å². The molecule has 0 bridgehead atoms. The Balaban J connectivity index is 3.02. The van der Waals surface area contributed by atoms with E-state index in [-0.39, 0.29) is 0 Å². The fourth-order valence-electron chi connectivity index (χ4n) is 3.81. The maximum absolute atomic E-state index is 5.51. The molecule has 0 heterocycles. The predicted molar refractivity (Wildman–Crippen MR) is 125 cm³/mol. The van der Waals surface area contributed by atoms with E-state index in [1.54, 1.807) is 0 Å². The van der Waals surface area contributed by atoms with Gasteiger partial charge in [0.25, 0.3) is 0 Å². The van der Waals surface area contributed by atoms with Crippen LogP contribution in [-0.4, -0.2) is 6.54 Å². The molecule has 0 saturated heterocycles. The molecular weight excluding hydrogens is 326 g/mol. The van der Waals surface area contributed by atoms with E-state index in [2.05, 4.69) is 19.1 Å². The first-order chi connectivity index (χ1) is 13.4. The van der Waals surface area contributed by atoms with Gasteiger partial charge in [-0.2, -0.15) is 0 Å². The molecule has 0 amide bonds. The Morgan fingerprint density at radius 3 is 1.04 bits per heavy atom. The molecule has 0 atom stereocenters. The summed E-state index contributed by atoms with van der Waals surface area (Å²) >= 11 is 0. The third-order valence-electron chi connectivity index (χ3n) is 5.72. The quantitative estimate of drug-likeness (QED) is 0.139. The van der Waals surface area contributed by atoms with Gasteiger partial charge in [0.05, 0.1) is 0 Å². The average Bonchev–Trinajstić information content (AvgIpc) is 2.68. The van der Waals surface area contributed by atoms with Crippen molar-refractivity contribution < 1.29 is 0 Å². The Kier molecular flexibility index (Phi) is 25.4. The molecule has 0 aromatic rings. The van der Waals surface area contributed by atoms with Gasteiger partial charge in [-0.1, -0.05) is 128 Å². The Morgan fingerprint density at radius 2 is 0.704 bits per heavy atom. The second kappa shape index (κ2) is 25.7. The summed E-state index contributed by atoms with van der Waals surface area (Å²) in [6.45, 7) is 3.15. The van der Waals surface area contributed by atoms with Crippen LogP contribution in [0.25, 0.3) is 0 Å². The van der Waals surface area contributed by atoms with Crippen molar-refractivity contribution in [1.29, 1.82) is 0 Å². The highest BCUT2D eigenvalue weighted by molar-refractivity contribution is 4.81. The third kappa shape index (κ3) is 25.7. The number of hydrogen-bond donors (Lipinski definition) is 1. The van der Waals surface area contributed by atoms with Crippen LogP contribution in [0.2, 0.25) is 0 Å².